The molecule has 0 radical (unpaired) electrons. The summed E-state index contributed by atoms with van der Waals surface area (Å²) in [6.45, 7) is 3.82. The number of benzene rings is 2. The van der Waals surface area contributed by atoms with E-state index in [-0.39, 0.29) is 4.90 Å². The van der Waals surface area contributed by atoms with Crippen LogP contribution < -0.4 is 10.1 Å². The molecule has 144 valence electrons. The number of rotatable bonds is 5. The van der Waals surface area contributed by atoms with Crippen molar-refractivity contribution in [3.8, 4) is 5.75 Å². The van der Waals surface area contributed by atoms with Crippen LogP contribution in [0.15, 0.2) is 47.4 Å². The molecule has 27 heavy (non-hydrogen) atoms. The highest BCUT2D eigenvalue weighted by atomic mass is 32.2. The maximum Gasteiger partial charge on any atom is 0.246 e. The molecule has 0 spiro atoms. The van der Waals surface area contributed by atoms with E-state index in [1.165, 1.54) is 7.11 Å². The van der Waals surface area contributed by atoms with Crippen LogP contribution in [0.3, 0.4) is 0 Å². The predicted octanol–water partition coefficient (Wildman–Crippen LogP) is 4.04. The molecular formula is C21H25NO4S. The summed E-state index contributed by atoms with van der Waals surface area (Å²) >= 11 is 0. The Morgan fingerprint density at radius 3 is 2.33 bits per heavy atom. The van der Waals surface area contributed by atoms with Gasteiger partial charge in [0.05, 0.1) is 17.7 Å². The van der Waals surface area contributed by atoms with Crippen LogP contribution in [0.25, 0.3) is 0 Å². The van der Waals surface area contributed by atoms with Crippen molar-refractivity contribution in [3.05, 3.63) is 53.6 Å². The van der Waals surface area contributed by atoms with E-state index in [1.54, 1.807) is 42.5 Å². The van der Waals surface area contributed by atoms with E-state index in [0.29, 0.717) is 37.1 Å². The molecular weight excluding hydrogens is 362 g/mol. The number of methoxy groups -OCH3 is 1. The number of amides is 1. The molecule has 0 heterocycles. The minimum Gasteiger partial charge on any atom is -0.495 e. The number of para-hydroxylation sites is 2. The fourth-order valence-corrected chi connectivity index (χ4v) is 5.81. The van der Waals surface area contributed by atoms with Crippen molar-refractivity contribution < 1.29 is 17.9 Å². The summed E-state index contributed by atoms with van der Waals surface area (Å²) < 4.78 is 30.9. The van der Waals surface area contributed by atoms with Gasteiger partial charge < -0.3 is 10.1 Å². The molecule has 1 saturated carbocycles. The SMILES string of the molecule is COc1ccccc1NC(=O)C1(S(=O)(=O)c2ccc(C)c(C)c2)CCCC1. The van der Waals surface area contributed by atoms with Gasteiger partial charge in [0.2, 0.25) is 5.91 Å². The molecule has 2 aromatic carbocycles. The summed E-state index contributed by atoms with van der Waals surface area (Å²) in [6.07, 6.45) is 2.07. The first-order valence-electron chi connectivity index (χ1n) is 9.08. The van der Waals surface area contributed by atoms with Crippen molar-refractivity contribution in [2.24, 2.45) is 0 Å². The Bertz CT molecular complexity index is 960. The van der Waals surface area contributed by atoms with Gasteiger partial charge in [0.25, 0.3) is 0 Å². The van der Waals surface area contributed by atoms with E-state index in [4.69, 9.17) is 4.74 Å². The molecule has 2 aromatic rings. The summed E-state index contributed by atoms with van der Waals surface area (Å²) in [5.74, 6) is 0.0188. The third-order valence-electron chi connectivity index (χ3n) is 5.48. The van der Waals surface area contributed by atoms with Crippen LogP contribution in [0.4, 0.5) is 5.69 Å². The van der Waals surface area contributed by atoms with Gasteiger partial charge in [-0.05, 0) is 62.1 Å². The van der Waals surface area contributed by atoms with Crippen molar-refractivity contribution in [1.29, 1.82) is 0 Å². The van der Waals surface area contributed by atoms with Crippen molar-refractivity contribution >= 4 is 21.4 Å². The largest absolute Gasteiger partial charge is 0.495 e. The molecule has 1 fully saturated rings. The van der Waals surface area contributed by atoms with Gasteiger partial charge in [-0.2, -0.15) is 0 Å². The molecule has 0 saturated heterocycles. The molecule has 0 aromatic heterocycles. The van der Waals surface area contributed by atoms with Crippen LogP contribution in [0.5, 0.6) is 5.75 Å². The molecule has 0 bridgehead atoms. The number of nitrogens with one attached hydrogen (secondary N) is 1. The quantitative estimate of drug-likeness (QED) is 0.840. The maximum absolute atomic E-state index is 13.5. The first-order chi connectivity index (χ1) is 12.8. The minimum atomic E-state index is -3.83. The summed E-state index contributed by atoms with van der Waals surface area (Å²) in [5, 5.41) is 2.80. The lowest BCUT2D eigenvalue weighted by atomic mass is 10.1. The third kappa shape index (κ3) is 3.34. The summed E-state index contributed by atoms with van der Waals surface area (Å²) in [4.78, 5) is 13.4. The van der Waals surface area contributed by atoms with Gasteiger partial charge >= 0.3 is 0 Å². The molecule has 0 atom stereocenters. The van der Waals surface area contributed by atoms with Crippen LogP contribution >= 0.6 is 0 Å². The second kappa shape index (κ2) is 7.35. The molecule has 0 aliphatic heterocycles. The zero-order valence-electron chi connectivity index (χ0n) is 15.9. The first-order valence-corrected chi connectivity index (χ1v) is 10.6. The van der Waals surface area contributed by atoms with E-state index >= 15 is 0 Å². The summed E-state index contributed by atoms with van der Waals surface area (Å²) in [6, 6.07) is 12.1. The van der Waals surface area contributed by atoms with Crippen LogP contribution in [0.2, 0.25) is 0 Å². The molecule has 5 nitrogen and oxygen atoms in total. The Labute approximate surface area is 160 Å². The molecule has 1 aliphatic rings. The average Bonchev–Trinajstić information content (AvgIpc) is 3.16. The number of carbonyl (C=O) groups excluding carboxylic acids is 1. The lowest BCUT2D eigenvalue weighted by Gasteiger charge is -2.28. The third-order valence-corrected chi connectivity index (χ3v) is 7.98. The van der Waals surface area contributed by atoms with Gasteiger partial charge in [0.15, 0.2) is 14.6 Å². The molecule has 6 heteroatoms. The highest BCUT2D eigenvalue weighted by molar-refractivity contribution is 7.93. The standard InChI is InChI=1S/C21H25NO4S/c1-15-10-11-17(14-16(15)2)27(24,25)21(12-6-7-13-21)20(23)22-18-8-4-5-9-19(18)26-3/h4-5,8-11,14H,6-7,12-13H2,1-3H3,(H,22,23). The molecule has 1 N–H and O–H groups in total. The summed E-state index contributed by atoms with van der Waals surface area (Å²) in [5.41, 5.74) is 2.40. The van der Waals surface area contributed by atoms with E-state index in [2.05, 4.69) is 5.32 Å². The number of ether oxygens (including phenoxy) is 1. The predicted molar refractivity (Wildman–Crippen MR) is 106 cm³/mol. The Morgan fingerprint density at radius 1 is 1.04 bits per heavy atom. The van der Waals surface area contributed by atoms with Crippen LogP contribution in [-0.4, -0.2) is 26.2 Å². The van der Waals surface area contributed by atoms with Gasteiger partial charge in [-0.3, -0.25) is 4.79 Å². The van der Waals surface area contributed by atoms with E-state index in [9.17, 15) is 13.2 Å². The van der Waals surface area contributed by atoms with Gasteiger partial charge in [-0.25, -0.2) is 8.42 Å². The number of hydrogen-bond donors (Lipinski definition) is 1. The van der Waals surface area contributed by atoms with Crippen molar-refractivity contribution in [1.82, 2.24) is 0 Å². The number of aryl methyl sites for hydroxylation is 2. The van der Waals surface area contributed by atoms with Crippen molar-refractivity contribution in [2.45, 2.75) is 49.2 Å². The van der Waals surface area contributed by atoms with Crippen LogP contribution in [0.1, 0.15) is 36.8 Å². The number of hydrogen-bond acceptors (Lipinski definition) is 4. The number of sulfone groups is 1. The highest BCUT2D eigenvalue weighted by Crippen LogP contribution is 2.42. The molecule has 3 rings (SSSR count). The van der Waals surface area contributed by atoms with Gasteiger partial charge in [0.1, 0.15) is 5.75 Å². The second-order valence-corrected chi connectivity index (χ2v) is 9.37. The van der Waals surface area contributed by atoms with Crippen LogP contribution in [0, 0.1) is 13.8 Å². The van der Waals surface area contributed by atoms with Gasteiger partial charge in [-0.1, -0.05) is 31.0 Å². The van der Waals surface area contributed by atoms with E-state index in [1.807, 2.05) is 13.8 Å². The Balaban J connectivity index is 2.02. The van der Waals surface area contributed by atoms with Crippen molar-refractivity contribution in [3.63, 3.8) is 0 Å². The van der Waals surface area contributed by atoms with E-state index in [0.717, 1.165) is 11.1 Å². The fraction of sp³-hybridized carbons (Fsp3) is 0.381. The maximum atomic E-state index is 13.5. The first kappa shape index (κ1) is 19.4. The fourth-order valence-electron chi connectivity index (χ4n) is 3.65. The van der Waals surface area contributed by atoms with Gasteiger partial charge in [0, 0.05) is 0 Å². The lowest BCUT2D eigenvalue weighted by molar-refractivity contribution is -0.118. The zero-order chi connectivity index (χ0) is 19.7. The molecule has 0 unspecified atom stereocenters. The highest BCUT2D eigenvalue weighted by Gasteiger charge is 2.53. The van der Waals surface area contributed by atoms with Crippen LogP contribution in [-0.2, 0) is 14.6 Å². The Hall–Kier alpha value is -2.34. The van der Waals surface area contributed by atoms with Crippen molar-refractivity contribution in [2.75, 3.05) is 12.4 Å². The minimum absolute atomic E-state index is 0.211. The number of carbonyl (C=O) groups is 1. The average molecular weight is 388 g/mol. The monoisotopic (exact) mass is 387 g/mol. The van der Waals surface area contributed by atoms with Gasteiger partial charge in [-0.15, -0.1) is 0 Å². The molecule has 1 amide bonds. The Kier molecular flexibility index (Phi) is 5.29. The number of anilines is 1. The Morgan fingerprint density at radius 2 is 1.70 bits per heavy atom. The topological polar surface area (TPSA) is 72.5 Å². The smallest absolute Gasteiger partial charge is 0.246 e. The second-order valence-electron chi connectivity index (χ2n) is 7.11. The normalized spacial score (nSPS) is 16.1. The molecule has 1 aliphatic carbocycles. The zero-order valence-corrected chi connectivity index (χ0v) is 16.7. The van der Waals surface area contributed by atoms with E-state index < -0.39 is 20.5 Å². The summed E-state index contributed by atoms with van der Waals surface area (Å²) in [7, 11) is -2.32. The lowest BCUT2D eigenvalue weighted by Crippen LogP contribution is -2.47.